The molecule has 1 saturated carbocycles. The Hall–Kier alpha value is -1.13. The Morgan fingerprint density at radius 3 is 2.79 bits per heavy atom. The summed E-state index contributed by atoms with van der Waals surface area (Å²) in [5.41, 5.74) is 3.51. The summed E-state index contributed by atoms with van der Waals surface area (Å²) in [6.45, 7) is 7.03. The lowest BCUT2D eigenvalue weighted by atomic mass is 9.54. The summed E-state index contributed by atoms with van der Waals surface area (Å²) in [5, 5.41) is 9.91. The largest absolute Gasteiger partial charge is 0.459 e. The minimum atomic E-state index is -0.770. The predicted molar refractivity (Wildman–Crippen MR) is 92.4 cm³/mol. The molecular weight excluding hydrogens is 304 g/mol. The highest BCUT2D eigenvalue weighted by Gasteiger charge is 2.48. The van der Waals surface area contributed by atoms with E-state index in [-0.39, 0.29) is 18.0 Å². The zero-order chi connectivity index (χ0) is 17.5. The lowest BCUT2D eigenvalue weighted by Crippen LogP contribution is -2.46. The predicted octanol–water partition coefficient (Wildman–Crippen LogP) is 3.40. The van der Waals surface area contributed by atoms with E-state index in [1.54, 1.807) is 0 Å². The normalized spacial score (nSPS) is 41.5. The first-order valence-corrected chi connectivity index (χ1v) is 9.15. The second-order valence-electron chi connectivity index (χ2n) is 7.97. The van der Waals surface area contributed by atoms with Crippen LogP contribution in [0.3, 0.4) is 0 Å². The van der Waals surface area contributed by atoms with Crippen LogP contribution in [0.5, 0.6) is 0 Å². The van der Waals surface area contributed by atoms with Crippen LogP contribution in [0.4, 0.5) is 0 Å². The van der Waals surface area contributed by atoms with Gasteiger partial charge in [-0.05, 0) is 56.3 Å². The summed E-state index contributed by atoms with van der Waals surface area (Å²) >= 11 is 0. The molecule has 1 N–H and O–H groups in total. The van der Waals surface area contributed by atoms with Gasteiger partial charge in [-0.15, -0.1) is 0 Å². The summed E-state index contributed by atoms with van der Waals surface area (Å²) in [7, 11) is 1.83. The lowest BCUT2D eigenvalue weighted by molar-refractivity contribution is -0.135. The van der Waals surface area contributed by atoms with Crippen LogP contribution >= 0.6 is 0 Å². The van der Waals surface area contributed by atoms with E-state index in [1.807, 2.05) is 13.2 Å². The SMILES string of the molecule is COC1CC[C@@]2(C)C(C/C=C3/C(=O)OC[C@H]3O)=C(C)CCC2[C@H]1C. The standard InChI is InChI=1S/C20H30O4/c1-12-5-7-16-13(2)18(23-4)9-10-20(16,3)15(12)8-6-14-17(21)11-24-19(14)22/h6,13,16-18,21H,5,7-11H2,1-4H3/b14-6+/t13-,16?,17-,18?,20+/m1/s1. The van der Waals surface area contributed by atoms with Crippen molar-refractivity contribution in [3.05, 3.63) is 22.8 Å². The highest BCUT2D eigenvalue weighted by molar-refractivity contribution is 5.91. The van der Waals surface area contributed by atoms with Gasteiger partial charge in [0.2, 0.25) is 0 Å². The van der Waals surface area contributed by atoms with Crippen molar-refractivity contribution in [1.29, 1.82) is 0 Å². The Morgan fingerprint density at radius 2 is 2.17 bits per heavy atom. The van der Waals surface area contributed by atoms with E-state index >= 15 is 0 Å². The molecule has 2 unspecified atom stereocenters. The maximum Gasteiger partial charge on any atom is 0.336 e. The minimum Gasteiger partial charge on any atom is -0.459 e. The number of aliphatic hydroxyl groups is 1. The molecule has 3 aliphatic rings. The molecule has 4 nitrogen and oxygen atoms in total. The number of methoxy groups -OCH3 is 1. The van der Waals surface area contributed by atoms with Crippen LogP contribution in [0.15, 0.2) is 22.8 Å². The van der Waals surface area contributed by atoms with E-state index < -0.39 is 6.10 Å². The number of hydrogen-bond donors (Lipinski definition) is 1. The van der Waals surface area contributed by atoms with E-state index in [4.69, 9.17) is 9.47 Å². The molecule has 4 heteroatoms. The number of aliphatic hydroxyl groups excluding tert-OH is 1. The molecular formula is C20H30O4. The van der Waals surface area contributed by atoms with Gasteiger partial charge in [-0.1, -0.05) is 31.1 Å². The number of ether oxygens (including phenoxy) is 2. The first-order chi connectivity index (χ1) is 11.4. The first kappa shape index (κ1) is 17.7. The average molecular weight is 334 g/mol. The number of esters is 1. The fourth-order valence-electron chi connectivity index (χ4n) is 5.33. The number of carbonyl (C=O) groups is 1. The van der Waals surface area contributed by atoms with Crippen molar-refractivity contribution < 1.29 is 19.4 Å². The minimum absolute atomic E-state index is 0.0924. The molecule has 5 atom stereocenters. The van der Waals surface area contributed by atoms with Crippen molar-refractivity contribution in [3.63, 3.8) is 0 Å². The van der Waals surface area contributed by atoms with Gasteiger partial charge in [-0.25, -0.2) is 4.79 Å². The molecule has 0 amide bonds. The summed E-state index contributed by atoms with van der Waals surface area (Å²) in [6.07, 6.45) is 6.78. The van der Waals surface area contributed by atoms with Crippen LogP contribution in [0, 0.1) is 17.3 Å². The van der Waals surface area contributed by atoms with E-state index in [1.165, 1.54) is 17.6 Å². The third-order valence-electron chi connectivity index (χ3n) is 6.82. The molecule has 0 radical (unpaired) electrons. The number of hydrogen-bond acceptors (Lipinski definition) is 4. The molecule has 1 saturated heterocycles. The summed E-state index contributed by atoms with van der Waals surface area (Å²) in [5.74, 6) is 0.801. The average Bonchev–Trinajstić information content (AvgIpc) is 2.86. The van der Waals surface area contributed by atoms with Gasteiger partial charge in [-0.3, -0.25) is 0 Å². The van der Waals surface area contributed by atoms with Crippen molar-refractivity contribution in [3.8, 4) is 0 Å². The molecule has 0 spiro atoms. The second kappa shape index (κ2) is 6.64. The molecule has 1 heterocycles. The van der Waals surface area contributed by atoms with E-state index in [9.17, 15) is 9.90 Å². The van der Waals surface area contributed by atoms with Crippen LogP contribution < -0.4 is 0 Å². The van der Waals surface area contributed by atoms with Gasteiger partial charge < -0.3 is 14.6 Å². The third-order valence-corrected chi connectivity index (χ3v) is 6.82. The number of fused-ring (bicyclic) bond motifs is 1. The van der Waals surface area contributed by atoms with Gasteiger partial charge >= 0.3 is 5.97 Å². The van der Waals surface area contributed by atoms with Crippen LogP contribution in [-0.2, 0) is 14.3 Å². The highest BCUT2D eigenvalue weighted by atomic mass is 16.6. The number of cyclic esters (lactones) is 1. The maximum atomic E-state index is 11.8. The molecule has 3 rings (SSSR count). The Labute approximate surface area is 144 Å². The number of carbonyl (C=O) groups excluding carboxylic acids is 1. The van der Waals surface area contributed by atoms with Crippen molar-refractivity contribution in [2.24, 2.45) is 17.3 Å². The Bertz CT molecular complexity index is 576. The molecule has 1 aliphatic heterocycles. The summed E-state index contributed by atoms with van der Waals surface area (Å²) in [6, 6.07) is 0. The van der Waals surface area contributed by atoms with E-state index in [0.29, 0.717) is 23.5 Å². The van der Waals surface area contributed by atoms with Crippen molar-refractivity contribution in [2.75, 3.05) is 13.7 Å². The van der Waals surface area contributed by atoms with Crippen molar-refractivity contribution >= 4 is 5.97 Å². The van der Waals surface area contributed by atoms with Crippen LogP contribution in [-0.4, -0.2) is 37.0 Å². The highest BCUT2D eigenvalue weighted by Crippen LogP contribution is 2.56. The van der Waals surface area contributed by atoms with Gasteiger partial charge in [0.15, 0.2) is 0 Å². The monoisotopic (exact) mass is 334 g/mol. The fraction of sp³-hybridized carbons (Fsp3) is 0.750. The molecule has 134 valence electrons. The van der Waals surface area contributed by atoms with Gasteiger partial charge in [0.25, 0.3) is 0 Å². The van der Waals surface area contributed by atoms with Crippen LogP contribution in [0.1, 0.15) is 52.9 Å². The molecule has 2 fully saturated rings. The number of allylic oxidation sites excluding steroid dienone is 3. The fourth-order valence-corrected chi connectivity index (χ4v) is 5.33. The Kier molecular flexibility index (Phi) is 4.89. The molecule has 2 aliphatic carbocycles. The number of rotatable bonds is 3. The van der Waals surface area contributed by atoms with Crippen LogP contribution in [0.25, 0.3) is 0 Å². The van der Waals surface area contributed by atoms with Gasteiger partial charge in [0.1, 0.15) is 12.7 Å². The smallest absolute Gasteiger partial charge is 0.336 e. The summed E-state index contributed by atoms with van der Waals surface area (Å²) in [4.78, 5) is 11.8. The zero-order valence-corrected chi connectivity index (χ0v) is 15.3. The molecule has 0 aromatic carbocycles. The second-order valence-corrected chi connectivity index (χ2v) is 7.97. The quantitative estimate of drug-likeness (QED) is 0.488. The van der Waals surface area contributed by atoms with E-state index in [2.05, 4.69) is 20.8 Å². The van der Waals surface area contributed by atoms with Gasteiger partial charge in [0.05, 0.1) is 11.7 Å². The Balaban J connectivity index is 1.86. The van der Waals surface area contributed by atoms with Crippen molar-refractivity contribution in [2.45, 2.75) is 65.1 Å². The maximum absolute atomic E-state index is 11.8. The van der Waals surface area contributed by atoms with E-state index in [0.717, 1.165) is 25.7 Å². The molecule has 0 aromatic rings. The van der Waals surface area contributed by atoms with Gasteiger partial charge in [-0.2, -0.15) is 0 Å². The molecule has 0 aromatic heterocycles. The third kappa shape index (κ3) is 2.84. The zero-order valence-electron chi connectivity index (χ0n) is 15.3. The van der Waals surface area contributed by atoms with Crippen molar-refractivity contribution in [1.82, 2.24) is 0 Å². The lowest BCUT2D eigenvalue weighted by Gasteiger charge is -2.52. The Morgan fingerprint density at radius 1 is 1.42 bits per heavy atom. The molecule has 24 heavy (non-hydrogen) atoms. The molecule has 0 bridgehead atoms. The first-order valence-electron chi connectivity index (χ1n) is 9.15. The van der Waals surface area contributed by atoms with Crippen LogP contribution in [0.2, 0.25) is 0 Å². The summed E-state index contributed by atoms with van der Waals surface area (Å²) < 4.78 is 10.6. The topological polar surface area (TPSA) is 55.8 Å². The van der Waals surface area contributed by atoms with Gasteiger partial charge in [0, 0.05) is 7.11 Å².